The average molecular weight is 169 g/mol. The molecule has 0 saturated heterocycles. The minimum atomic E-state index is 0.431. The van der Waals surface area contributed by atoms with Crippen molar-refractivity contribution in [3.8, 4) is 0 Å². The first-order valence-corrected chi connectivity index (χ1v) is 5.30. The Morgan fingerprint density at radius 2 is 1.75 bits per heavy atom. The maximum Gasteiger partial charge on any atom is 0.00953 e. The van der Waals surface area contributed by atoms with Gasteiger partial charge in [-0.3, -0.25) is 0 Å². The maximum atomic E-state index is 6.21. The fourth-order valence-electron chi connectivity index (χ4n) is 2.35. The number of hydrogen-bond acceptors (Lipinski definition) is 1. The zero-order valence-electron chi connectivity index (χ0n) is 8.77. The molecule has 1 heteroatoms. The van der Waals surface area contributed by atoms with E-state index in [4.69, 9.17) is 5.73 Å². The van der Waals surface area contributed by atoms with Gasteiger partial charge in [0, 0.05) is 6.04 Å². The van der Waals surface area contributed by atoms with Crippen molar-refractivity contribution in [2.24, 2.45) is 17.1 Å². The molecule has 12 heavy (non-hydrogen) atoms. The third-order valence-electron chi connectivity index (χ3n) is 3.37. The van der Waals surface area contributed by atoms with E-state index in [-0.39, 0.29) is 0 Å². The average Bonchev–Trinajstić information content (AvgIpc) is 2.36. The first-order valence-electron chi connectivity index (χ1n) is 5.30. The van der Waals surface area contributed by atoms with Gasteiger partial charge < -0.3 is 5.73 Å². The normalized spacial score (nSPS) is 24.8. The molecule has 0 spiro atoms. The van der Waals surface area contributed by atoms with Gasteiger partial charge in [-0.25, -0.2) is 0 Å². The summed E-state index contributed by atoms with van der Waals surface area (Å²) in [7, 11) is 0. The molecule has 1 rings (SSSR count). The number of hydrogen-bond donors (Lipinski definition) is 1. The summed E-state index contributed by atoms with van der Waals surface area (Å²) in [5, 5.41) is 0. The lowest BCUT2D eigenvalue weighted by Crippen LogP contribution is -2.38. The van der Waals surface area contributed by atoms with Crippen molar-refractivity contribution in [2.45, 2.75) is 58.9 Å². The minimum absolute atomic E-state index is 0.431. The van der Waals surface area contributed by atoms with Crippen LogP contribution < -0.4 is 5.73 Å². The Kier molecular flexibility index (Phi) is 3.16. The van der Waals surface area contributed by atoms with Gasteiger partial charge in [0.15, 0.2) is 0 Å². The smallest absolute Gasteiger partial charge is 0.00953 e. The Morgan fingerprint density at radius 3 is 2.17 bits per heavy atom. The highest BCUT2D eigenvalue weighted by molar-refractivity contribution is 4.89. The second-order valence-electron chi connectivity index (χ2n) is 5.10. The van der Waals surface area contributed by atoms with E-state index < -0.39 is 0 Å². The van der Waals surface area contributed by atoms with Gasteiger partial charge in [-0.15, -0.1) is 0 Å². The molecule has 0 aromatic carbocycles. The van der Waals surface area contributed by atoms with Gasteiger partial charge in [-0.1, -0.05) is 33.6 Å². The molecule has 1 nitrogen and oxygen atoms in total. The molecule has 1 atom stereocenters. The zero-order chi connectivity index (χ0) is 9.19. The summed E-state index contributed by atoms with van der Waals surface area (Å²) in [4.78, 5) is 0. The van der Waals surface area contributed by atoms with Crippen molar-refractivity contribution < 1.29 is 0 Å². The Balaban J connectivity index is 2.44. The van der Waals surface area contributed by atoms with Crippen LogP contribution in [0.1, 0.15) is 52.9 Å². The summed E-state index contributed by atoms with van der Waals surface area (Å²) in [5.41, 5.74) is 6.68. The van der Waals surface area contributed by atoms with Crippen LogP contribution in [-0.2, 0) is 0 Å². The van der Waals surface area contributed by atoms with Crippen LogP contribution >= 0.6 is 0 Å². The lowest BCUT2D eigenvalue weighted by molar-refractivity contribution is 0.233. The topological polar surface area (TPSA) is 26.0 Å². The van der Waals surface area contributed by atoms with Crippen molar-refractivity contribution in [2.75, 3.05) is 0 Å². The predicted molar refractivity (Wildman–Crippen MR) is 54.0 cm³/mol. The van der Waals surface area contributed by atoms with Crippen molar-refractivity contribution >= 4 is 0 Å². The summed E-state index contributed by atoms with van der Waals surface area (Å²) in [6, 6.07) is 0.431. The van der Waals surface area contributed by atoms with Gasteiger partial charge in [0.05, 0.1) is 0 Å². The van der Waals surface area contributed by atoms with Crippen LogP contribution in [0.4, 0.5) is 0 Å². The van der Waals surface area contributed by atoms with E-state index in [9.17, 15) is 0 Å². The van der Waals surface area contributed by atoms with Gasteiger partial charge >= 0.3 is 0 Å². The third-order valence-corrected chi connectivity index (χ3v) is 3.37. The fourth-order valence-corrected chi connectivity index (χ4v) is 2.35. The van der Waals surface area contributed by atoms with Crippen molar-refractivity contribution in [1.82, 2.24) is 0 Å². The van der Waals surface area contributed by atoms with E-state index in [1.165, 1.54) is 32.1 Å². The van der Waals surface area contributed by atoms with Crippen LogP contribution in [0.5, 0.6) is 0 Å². The van der Waals surface area contributed by atoms with E-state index in [1.807, 2.05) is 0 Å². The first-order chi connectivity index (χ1) is 5.54. The molecule has 0 aromatic heterocycles. The molecular weight excluding hydrogens is 146 g/mol. The number of nitrogens with two attached hydrogens (primary N) is 1. The number of rotatable bonds is 3. The summed E-state index contributed by atoms with van der Waals surface area (Å²) in [6.07, 6.45) is 6.67. The lowest BCUT2D eigenvalue weighted by Gasteiger charge is -2.32. The second-order valence-corrected chi connectivity index (χ2v) is 5.10. The molecule has 0 radical (unpaired) electrons. The summed E-state index contributed by atoms with van der Waals surface area (Å²) in [6.45, 7) is 6.89. The van der Waals surface area contributed by atoms with Crippen LogP contribution in [0, 0.1) is 11.3 Å². The molecular formula is C11H23N. The van der Waals surface area contributed by atoms with Crippen molar-refractivity contribution in [1.29, 1.82) is 0 Å². The fraction of sp³-hybridized carbons (Fsp3) is 1.00. The molecule has 1 fully saturated rings. The van der Waals surface area contributed by atoms with E-state index in [1.54, 1.807) is 0 Å². The predicted octanol–water partition coefficient (Wildman–Crippen LogP) is 2.94. The summed E-state index contributed by atoms with van der Waals surface area (Å²) >= 11 is 0. The van der Waals surface area contributed by atoms with Gasteiger partial charge in [0.25, 0.3) is 0 Å². The quantitative estimate of drug-likeness (QED) is 0.690. The molecule has 0 amide bonds. The third kappa shape index (κ3) is 2.22. The Labute approximate surface area is 76.7 Å². The molecule has 1 saturated carbocycles. The van der Waals surface area contributed by atoms with Crippen LogP contribution in [0.15, 0.2) is 0 Å². The van der Waals surface area contributed by atoms with Gasteiger partial charge in [-0.05, 0) is 30.6 Å². The van der Waals surface area contributed by atoms with Crippen LogP contribution in [0.3, 0.4) is 0 Å². The van der Waals surface area contributed by atoms with Crippen molar-refractivity contribution in [3.63, 3.8) is 0 Å². The highest BCUT2D eigenvalue weighted by Gasteiger charge is 2.34. The molecule has 0 bridgehead atoms. The zero-order valence-corrected chi connectivity index (χ0v) is 8.77. The van der Waals surface area contributed by atoms with Crippen LogP contribution in [0.25, 0.3) is 0 Å². The van der Waals surface area contributed by atoms with E-state index in [0.717, 1.165) is 5.92 Å². The first kappa shape index (κ1) is 10.0. The largest absolute Gasteiger partial charge is 0.327 e. The Bertz CT molecular complexity index is 134. The highest BCUT2D eigenvalue weighted by atomic mass is 14.7. The maximum absolute atomic E-state index is 6.21. The second kappa shape index (κ2) is 3.78. The lowest BCUT2D eigenvalue weighted by atomic mass is 9.78. The van der Waals surface area contributed by atoms with E-state index >= 15 is 0 Å². The van der Waals surface area contributed by atoms with Gasteiger partial charge in [0.1, 0.15) is 0 Å². The summed E-state index contributed by atoms with van der Waals surface area (Å²) < 4.78 is 0. The molecule has 1 unspecified atom stereocenters. The van der Waals surface area contributed by atoms with Gasteiger partial charge in [0.2, 0.25) is 0 Å². The molecule has 0 aliphatic heterocycles. The monoisotopic (exact) mass is 169 g/mol. The molecule has 1 aliphatic rings. The van der Waals surface area contributed by atoms with E-state index in [2.05, 4.69) is 20.8 Å². The molecule has 0 aromatic rings. The SMILES string of the molecule is CC(C)CC(N)C1(C)CCCC1. The molecule has 2 N–H and O–H groups in total. The highest BCUT2D eigenvalue weighted by Crippen LogP contribution is 2.41. The van der Waals surface area contributed by atoms with E-state index in [0.29, 0.717) is 11.5 Å². The molecule has 72 valence electrons. The molecule has 1 aliphatic carbocycles. The van der Waals surface area contributed by atoms with Crippen LogP contribution in [0.2, 0.25) is 0 Å². The van der Waals surface area contributed by atoms with Gasteiger partial charge in [-0.2, -0.15) is 0 Å². The Hall–Kier alpha value is -0.0400. The minimum Gasteiger partial charge on any atom is -0.327 e. The van der Waals surface area contributed by atoms with Crippen molar-refractivity contribution in [3.05, 3.63) is 0 Å². The standard InChI is InChI=1S/C11H23N/c1-9(2)8-10(12)11(3)6-4-5-7-11/h9-10H,4-8,12H2,1-3H3. The van der Waals surface area contributed by atoms with Crippen LogP contribution in [-0.4, -0.2) is 6.04 Å². The molecule has 0 heterocycles. The Morgan fingerprint density at radius 1 is 1.25 bits per heavy atom. The summed E-state index contributed by atoms with van der Waals surface area (Å²) in [5.74, 6) is 0.748.